The van der Waals surface area contributed by atoms with Crippen LogP contribution >= 0.6 is 11.6 Å². The molecule has 1 aromatic heterocycles. The van der Waals surface area contributed by atoms with E-state index in [-0.39, 0.29) is 5.82 Å². The van der Waals surface area contributed by atoms with Gasteiger partial charge in [0.15, 0.2) is 11.6 Å². The van der Waals surface area contributed by atoms with E-state index >= 15 is 0 Å². The monoisotopic (exact) mass is 256 g/mol. The van der Waals surface area contributed by atoms with Gasteiger partial charge in [0.25, 0.3) is 0 Å². The Bertz CT molecular complexity index is 391. The van der Waals surface area contributed by atoms with Crippen LogP contribution in [0, 0.1) is 11.7 Å². The van der Waals surface area contributed by atoms with Crippen molar-refractivity contribution >= 4 is 17.4 Å². The van der Waals surface area contributed by atoms with Crippen molar-refractivity contribution in [2.75, 3.05) is 11.4 Å². The Kier molecular flexibility index (Phi) is 3.87. The Morgan fingerprint density at radius 1 is 1.53 bits per heavy atom. The van der Waals surface area contributed by atoms with Crippen LogP contribution < -0.4 is 4.90 Å². The first kappa shape index (κ1) is 12.6. The summed E-state index contributed by atoms with van der Waals surface area (Å²) < 4.78 is 13.8. The highest BCUT2D eigenvalue weighted by Crippen LogP contribution is 2.32. The minimum atomic E-state index is -0.312. The van der Waals surface area contributed by atoms with E-state index in [0.29, 0.717) is 22.8 Å². The molecule has 2 nitrogen and oxygen atoms in total. The van der Waals surface area contributed by atoms with Crippen LogP contribution in [0.4, 0.5) is 10.2 Å². The molecule has 1 saturated carbocycles. The third-order valence-corrected chi connectivity index (χ3v) is 3.20. The van der Waals surface area contributed by atoms with Gasteiger partial charge in [0.2, 0.25) is 0 Å². The molecule has 0 N–H and O–H groups in total. The summed E-state index contributed by atoms with van der Waals surface area (Å²) in [6, 6.07) is 1.81. The van der Waals surface area contributed by atoms with E-state index in [9.17, 15) is 4.39 Å². The molecule has 1 aliphatic carbocycles. The van der Waals surface area contributed by atoms with Crippen molar-refractivity contribution in [1.29, 1.82) is 0 Å². The van der Waals surface area contributed by atoms with Gasteiger partial charge in [-0.25, -0.2) is 9.37 Å². The molecular formula is C13H18ClFN2. The molecule has 2 rings (SSSR count). The first-order valence-corrected chi connectivity index (χ1v) is 6.53. The van der Waals surface area contributed by atoms with Crippen molar-refractivity contribution < 1.29 is 4.39 Å². The maximum Gasteiger partial charge on any atom is 0.167 e. The second kappa shape index (κ2) is 5.21. The van der Waals surface area contributed by atoms with E-state index in [4.69, 9.17) is 11.6 Å². The number of hydrogen-bond donors (Lipinski definition) is 0. The third kappa shape index (κ3) is 3.32. The minimum absolute atomic E-state index is 0.312. The molecule has 0 aliphatic heterocycles. The summed E-state index contributed by atoms with van der Waals surface area (Å²) in [4.78, 5) is 6.23. The van der Waals surface area contributed by atoms with Crippen LogP contribution in [0.15, 0.2) is 12.3 Å². The van der Waals surface area contributed by atoms with Crippen molar-refractivity contribution in [3.05, 3.63) is 23.1 Å². The standard InChI is InChI=1S/C13H18ClFN2/c1-9(2)5-6-17(11-3-4-11)13-12(15)7-10(14)8-16-13/h7-9,11H,3-6H2,1-2H3. The molecule has 0 saturated heterocycles. The first-order chi connectivity index (χ1) is 8.08. The van der Waals surface area contributed by atoms with Crippen LogP contribution in [0.2, 0.25) is 5.02 Å². The van der Waals surface area contributed by atoms with Crippen LogP contribution in [0.1, 0.15) is 33.1 Å². The molecule has 4 heteroatoms. The van der Waals surface area contributed by atoms with Crippen LogP contribution in [-0.2, 0) is 0 Å². The van der Waals surface area contributed by atoms with Crippen molar-refractivity contribution in [3.8, 4) is 0 Å². The summed E-state index contributed by atoms with van der Waals surface area (Å²) in [6.45, 7) is 5.22. The molecule has 1 aliphatic rings. The lowest BCUT2D eigenvalue weighted by Gasteiger charge is -2.24. The van der Waals surface area contributed by atoms with E-state index in [1.165, 1.54) is 12.3 Å². The van der Waals surface area contributed by atoms with Crippen molar-refractivity contribution in [1.82, 2.24) is 4.98 Å². The molecule has 0 radical (unpaired) electrons. The SMILES string of the molecule is CC(C)CCN(c1ncc(Cl)cc1F)C1CC1. The van der Waals surface area contributed by atoms with Gasteiger partial charge in [0.1, 0.15) is 0 Å². The number of rotatable bonds is 5. The average molecular weight is 257 g/mol. The Hall–Kier alpha value is -0.830. The summed E-state index contributed by atoms with van der Waals surface area (Å²) >= 11 is 5.72. The van der Waals surface area contributed by atoms with Gasteiger partial charge in [0.05, 0.1) is 5.02 Å². The molecule has 1 aromatic rings. The van der Waals surface area contributed by atoms with Crippen LogP contribution in [0.5, 0.6) is 0 Å². The van der Waals surface area contributed by atoms with Crippen LogP contribution in [0.3, 0.4) is 0 Å². The predicted molar refractivity (Wildman–Crippen MR) is 69.0 cm³/mol. The third-order valence-electron chi connectivity index (χ3n) is 3.00. The van der Waals surface area contributed by atoms with Gasteiger partial charge >= 0.3 is 0 Å². The molecule has 0 spiro atoms. The number of pyridine rings is 1. The van der Waals surface area contributed by atoms with E-state index in [2.05, 4.69) is 23.7 Å². The molecule has 0 atom stereocenters. The fraction of sp³-hybridized carbons (Fsp3) is 0.615. The highest BCUT2D eigenvalue weighted by Gasteiger charge is 2.31. The summed E-state index contributed by atoms with van der Waals surface area (Å²) in [7, 11) is 0. The van der Waals surface area contributed by atoms with Crippen molar-refractivity contribution in [2.45, 2.75) is 39.2 Å². The fourth-order valence-corrected chi connectivity index (χ4v) is 2.01. The average Bonchev–Trinajstić information content (AvgIpc) is 3.04. The predicted octanol–water partition coefficient (Wildman–Crippen LogP) is 3.89. The molecular weight excluding hydrogens is 239 g/mol. The first-order valence-electron chi connectivity index (χ1n) is 6.15. The smallest absolute Gasteiger partial charge is 0.167 e. The summed E-state index contributed by atoms with van der Waals surface area (Å²) in [5.74, 6) is 0.761. The van der Waals surface area contributed by atoms with Crippen LogP contribution in [0.25, 0.3) is 0 Å². The molecule has 94 valence electrons. The molecule has 17 heavy (non-hydrogen) atoms. The van der Waals surface area contributed by atoms with Crippen molar-refractivity contribution in [3.63, 3.8) is 0 Å². The van der Waals surface area contributed by atoms with E-state index < -0.39 is 0 Å². The Balaban J connectivity index is 2.14. The number of hydrogen-bond acceptors (Lipinski definition) is 2. The van der Waals surface area contributed by atoms with Gasteiger partial charge in [-0.3, -0.25) is 0 Å². The van der Waals surface area contributed by atoms with E-state index in [1.54, 1.807) is 0 Å². The normalized spacial score (nSPS) is 15.4. The minimum Gasteiger partial charge on any atom is -0.351 e. The molecule has 1 fully saturated rings. The second-order valence-corrected chi connectivity index (χ2v) is 5.50. The highest BCUT2D eigenvalue weighted by atomic mass is 35.5. The quantitative estimate of drug-likeness (QED) is 0.795. The second-order valence-electron chi connectivity index (χ2n) is 5.07. The Morgan fingerprint density at radius 2 is 2.24 bits per heavy atom. The van der Waals surface area contributed by atoms with Gasteiger partial charge in [-0.05, 0) is 31.2 Å². The van der Waals surface area contributed by atoms with Crippen LogP contribution in [-0.4, -0.2) is 17.6 Å². The fourth-order valence-electron chi connectivity index (χ4n) is 1.86. The molecule has 1 heterocycles. The van der Waals surface area contributed by atoms with Gasteiger partial charge in [-0.2, -0.15) is 0 Å². The number of halogens is 2. The van der Waals surface area contributed by atoms with Gasteiger partial charge < -0.3 is 4.90 Å². The maximum absolute atomic E-state index is 13.8. The topological polar surface area (TPSA) is 16.1 Å². The zero-order valence-corrected chi connectivity index (χ0v) is 11.0. The molecule has 0 amide bonds. The van der Waals surface area contributed by atoms with E-state index in [0.717, 1.165) is 25.8 Å². The van der Waals surface area contributed by atoms with Gasteiger partial charge in [0, 0.05) is 18.8 Å². The lowest BCUT2D eigenvalue weighted by Crippen LogP contribution is -2.29. The Morgan fingerprint density at radius 3 is 2.76 bits per heavy atom. The molecule has 0 unspecified atom stereocenters. The summed E-state index contributed by atoms with van der Waals surface area (Å²) in [6.07, 6.45) is 4.86. The molecule has 0 bridgehead atoms. The number of anilines is 1. The molecule has 0 aromatic carbocycles. The van der Waals surface area contributed by atoms with Crippen molar-refractivity contribution in [2.24, 2.45) is 5.92 Å². The van der Waals surface area contributed by atoms with Gasteiger partial charge in [-0.1, -0.05) is 25.4 Å². The zero-order chi connectivity index (χ0) is 12.4. The highest BCUT2D eigenvalue weighted by molar-refractivity contribution is 6.30. The number of nitrogens with zero attached hydrogens (tertiary/aromatic N) is 2. The largest absolute Gasteiger partial charge is 0.351 e. The summed E-state index contributed by atoms with van der Waals surface area (Å²) in [5.41, 5.74) is 0. The lowest BCUT2D eigenvalue weighted by atomic mass is 10.1. The van der Waals surface area contributed by atoms with E-state index in [1.807, 2.05) is 0 Å². The summed E-state index contributed by atoms with van der Waals surface area (Å²) in [5, 5.41) is 0.353. The lowest BCUT2D eigenvalue weighted by molar-refractivity contribution is 0.554. The maximum atomic E-state index is 13.8. The van der Waals surface area contributed by atoms with Gasteiger partial charge in [-0.15, -0.1) is 0 Å². The Labute approximate surface area is 107 Å². The zero-order valence-electron chi connectivity index (χ0n) is 10.3. The number of aromatic nitrogens is 1.